The molecule has 3 heteroatoms. The van der Waals surface area contributed by atoms with E-state index in [2.05, 4.69) is 18.7 Å². The van der Waals surface area contributed by atoms with E-state index < -0.39 is 0 Å². The van der Waals surface area contributed by atoms with Gasteiger partial charge in [-0.25, -0.2) is 0 Å². The van der Waals surface area contributed by atoms with E-state index in [4.69, 9.17) is 4.74 Å². The lowest BCUT2D eigenvalue weighted by Gasteiger charge is -2.21. The van der Waals surface area contributed by atoms with Gasteiger partial charge in [-0.2, -0.15) is 0 Å². The summed E-state index contributed by atoms with van der Waals surface area (Å²) >= 11 is 0. The largest absolute Gasteiger partial charge is 0.504 e. The molecule has 1 aromatic carbocycles. The third kappa shape index (κ3) is 2.72. The maximum atomic E-state index is 9.55. The second-order valence-electron chi connectivity index (χ2n) is 5.13. The number of aromatic hydroxyl groups is 1. The quantitative estimate of drug-likeness (QED) is 0.874. The minimum Gasteiger partial charge on any atom is -0.504 e. The van der Waals surface area contributed by atoms with Crippen molar-refractivity contribution in [1.29, 1.82) is 0 Å². The van der Waals surface area contributed by atoms with Crippen molar-refractivity contribution in [2.75, 3.05) is 13.7 Å². The molecule has 0 aliphatic carbocycles. The van der Waals surface area contributed by atoms with Crippen molar-refractivity contribution in [1.82, 2.24) is 4.90 Å². The minimum absolute atomic E-state index is 0.207. The molecular weight excluding hydrogens is 214 g/mol. The first-order chi connectivity index (χ1) is 8.10. The van der Waals surface area contributed by atoms with E-state index in [-0.39, 0.29) is 5.75 Å². The van der Waals surface area contributed by atoms with Crippen LogP contribution in [-0.2, 0) is 6.54 Å². The molecule has 0 aromatic heterocycles. The van der Waals surface area contributed by atoms with Gasteiger partial charge in [-0.1, -0.05) is 13.0 Å². The van der Waals surface area contributed by atoms with Gasteiger partial charge in [0.1, 0.15) is 0 Å². The van der Waals surface area contributed by atoms with Gasteiger partial charge in [0, 0.05) is 19.1 Å². The van der Waals surface area contributed by atoms with Crippen LogP contribution >= 0.6 is 0 Å². The molecule has 3 nitrogen and oxygen atoms in total. The third-order valence-electron chi connectivity index (χ3n) is 3.54. The average molecular weight is 235 g/mol. The summed E-state index contributed by atoms with van der Waals surface area (Å²) in [5, 5.41) is 9.55. The van der Waals surface area contributed by atoms with Gasteiger partial charge in [0.05, 0.1) is 7.11 Å². The number of likely N-dealkylation sites (tertiary alicyclic amines) is 1. The first-order valence-electron chi connectivity index (χ1n) is 6.20. The van der Waals surface area contributed by atoms with Gasteiger partial charge < -0.3 is 9.84 Å². The molecule has 1 heterocycles. The van der Waals surface area contributed by atoms with E-state index in [1.165, 1.54) is 12.0 Å². The molecule has 0 spiro atoms. The Morgan fingerprint density at radius 3 is 2.76 bits per heavy atom. The summed E-state index contributed by atoms with van der Waals surface area (Å²) in [6.45, 7) is 6.67. The van der Waals surface area contributed by atoms with Crippen molar-refractivity contribution < 1.29 is 9.84 Å². The molecule has 0 bridgehead atoms. The van der Waals surface area contributed by atoms with Gasteiger partial charge in [-0.15, -0.1) is 0 Å². The topological polar surface area (TPSA) is 32.7 Å². The van der Waals surface area contributed by atoms with Crippen molar-refractivity contribution in [3.05, 3.63) is 23.8 Å². The highest BCUT2D eigenvalue weighted by molar-refractivity contribution is 5.41. The summed E-state index contributed by atoms with van der Waals surface area (Å²) in [5.74, 6) is 1.55. The lowest BCUT2D eigenvalue weighted by molar-refractivity contribution is 0.256. The molecule has 17 heavy (non-hydrogen) atoms. The monoisotopic (exact) mass is 235 g/mol. The highest BCUT2D eigenvalue weighted by atomic mass is 16.5. The molecular formula is C14H21NO2. The summed E-state index contributed by atoms with van der Waals surface area (Å²) in [6.07, 6.45) is 1.27. The molecule has 0 radical (unpaired) electrons. The molecule has 2 rings (SSSR count). The summed E-state index contributed by atoms with van der Waals surface area (Å²) in [7, 11) is 1.58. The summed E-state index contributed by atoms with van der Waals surface area (Å²) in [4.78, 5) is 2.48. The number of benzene rings is 1. The van der Waals surface area contributed by atoms with Crippen molar-refractivity contribution in [3.63, 3.8) is 0 Å². The Kier molecular flexibility index (Phi) is 3.57. The Hall–Kier alpha value is -1.22. The standard InChI is InChI=1S/C14H21NO2/c1-10-6-11(2)15(8-10)9-12-4-5-13(16)14(7-12)17-3/h4-5,7,10-11,16H,6,8-9H2,1-3H3. The highest BCUT2D eigenvalue weighted by Gasteiger charge is 2.25. The van der Waals surface area contributed by atoms with E-state index in [0.717, 1.165) is 19.0 Å². The predicted octanol–water partition coefficient (Wildman–Crippen LogP) is 2.63. The molecule has 94 valence electrons. The SMILES string of the molecule is COc1cc(CN2CC(C)CC2C)ccc1O. The van der Waals surface area contributed by atoms with Crippen molar-refractivity contribution in [2.45, 2.75) is 32.9 Å². The highest BCUT2D eigenvalue weighted by Crippen LogP contribution is 2.29. The lowest BCUT2D eigenvalue weighted by atomic mass is 10.1. The van der Waals surface area contributed by atoms with Crippen LogP contribution in [0.15, 0.2) is 18.2 Å². The molecule has 1 saturated heterocycles. The molecule has 1 aromatic rings. The Morgan fingerprint density at radius 2 is 2.18 bits per heavy atom. The van der Waals surface area contributed by atoms with Crippen LogP contribution in [0.2, 0.25) is 0 Å². The van der Waals surface area contributed by atoms with Crippen LogP contribution in [0.25, 0.3) is 0 Å². The second-order valence-corrected chi connectivity index (χ2v) is 5.13. The molecule has 1 aliphatic rings. The fourth-order valence-electron chi connectivity index (χ4n) is 2.66. The average Bonchev–Trinajstić information content (AvgIpc) is 2.60. The van der Waals surface area contributed by atoms with Crippen molar-refractivity contribution >= 4 is 0 Å². The zero-order valence-corrected chi connectivity index (χ0v) is 10.8. The molecule has 1 aliphatic heterocycles. The fraction of sp³-hybridized carbons (Fsp3) is 0.571. The third-order valence-corrected chi connectivity index (χ3v) is 3.54. The molecule has 1 fully saturated rings. The number of hydrogen-bond donors (Lipinski definition) is 1. The summed E-state index contributed by atoms with van der Waals surface area (Å²) in [6, 6.07) is 6.24. The van der Waals surface area contributed by atoms with Gasteiger partial charge in [-0.3, -0.25) is 4.90 Å². The number of rotatable bonds is 3. The zero-order valence-electron chi connectivity index (χ0n) is 10.8. The number of phenols is 1. The smallest absolute Gasteiger partial charge is 0.160 e. The van der Waals surface area contributed by atoms with E-state index in [9.17, 15) is 5.11 Å². The maximum absolute atomic E-state index is 9.55. The Morgan fingerprint density at radius 1 is 1.41 bits per heavy atom. The molecule has 0 amide bonds. The van der Waals surface area contributed by atoms with Crippen LogP contribution in [-0.4, -0.2) is 29.7 Å². The first-order valence-corrected chi connectivity index (χ1v) is 6.20. The maximum Gasteiger partial charge on any atom is 0.160 e. The van der Waals surface area contributed by atoms with Crippen molar-refractivity contribution in [3.8, 4) is 11.5 Å². The number of phenolic OH excluding ortho intramolecular Hbond substituents is 1. The van der Waals surface area contributed by atoms with Crippen LogP contribution < -0.4 is 4.74 Å². The fourth-order valence-corrected chi connectivity index (χ4v) is 2.66. The molecule has 2 atom stereocenters. The number of nitrogens with zero attached hydrogens (tertiary/aromatic N) is 1. The first kappa shape index (κ1) is 12.2. The van der Waals surface area contributed by atoms with E-state index in [1.807, 2.05) is 12.1 Å². The zero-order chi connectivity index (χ0) is 12.4. The van der Waals surface area contributed by atoms with Gasteiger partial charge in [0.2, 0.25) is 0 Å². The van der Waals surface area contributed by atoms with Crippen LogP contribution in [0, 0.1) is 5.92 Å². The van der Waals surface area contributed by atoms with Gasteiger partial charge >= 0.3 is 0 Å². The Balaban J connectivity index is 2.08. The van der Waals surface area contributed by atoms with Gasteiger partial charge in [0.15, 0.2) is 11.5 Å². The molecule has 0 saturated carbocycles. The van der Waals surface area contributed by atoms with Crippen LogP contribution in [0.3, 0.4) is 0 Å². The summed E-state index contributed by atoms with van der Waals surface area (Å²) in [5.41, 5.74) is 1.20. The van der Waals surface area contributed by atoms with Crippen LogP contribution in [0.1, 0.15) is 25.8 Å². The summed E-state index contributed by atoms with van der Waals surface area (Å²) < 4.78 is 5.13. The van der Waals surface area contributed by atoms with Crippen LogP contribution in [0.5, 0.6) is 11.5 Å². The second kappa shape index (κ2) is 4.96. The van der Waals surface area contributed by atoms with E-state index in [1.54, 1.807) is 13.2 Å². The van der Waals surface area contributed by atoms with Crippen LogP contribution in [0.4, 0.5) is 0 Å². The van der Waals surface area contributed by atoms with E-state index in [0.29, 0.717) is 11.8 Å². The molecule has 1 N–H and O–H groups in total. The normalized spacial score (nSPS) is 25.1. The Bertz CT molecular complexity index is 392. The van der Waals surface area contributed by atoms with Crippen molar-refractivity contribution in [2.24, 2.45) is 5.92 Å². The number of hydrogen-bond acceptors (Lipinski definition) is 3. The number of methoxy groups -OCH3 is 1. The predicted molar refractivity (Wildman–Crippen MR) is 68.3 cm³/mol. The Labute approximate surface area is 103 Å². The minimum atomic E-state index is 0.207. The van der Waals surface area contributed by atoms with Gasteiger partial charge in [-0.05, 0) is 37.0 Å². The lowest BCUT2D eigenvalue weighted by Crippen LogP contribution is -2.26. The van der Waals surface area contributed by atoms with Gasteiger partial charge in [0.25, 0.3) is 0 Å². The van der Waals surface area contributed by atoms with E-state index >= 15 is 0 Å². The number of ether oxygens (including phenoxy) is 1. The molecule has 2 unspecified atom stereocenters.